The molecule has 0 radical (unpaired) electrons. The van der Waals surface area contributed by atoms with Gasteiger partial charge < -0.3 is 4.74 Å². The highest BCUT2D eigenvalue weighted by atomic mass is 16.5. The second-order valence-electron chi connectivity index (χ2n) is 5.33. The summed E-state index contributed by atoms with van der Waals surface area (Å²) in [5.74, 6) is 0.989. The lowest BCUT2D eigenvalue weighted by Gasteiger charge is -2.10. The first-order valence-electron chi connectivity index (χ1n) is 7.81. The highest BCUT2D eigenvalue weighted by Crippen LogP contribution is 2.22. The van der Waals surface area contributed by atoms with E-state index in [9.17, 15) is 4.79 Å². The monoisotopic (exact) mass is 325 g/mol. The van der Waals surface area contributed by atoms with Crippen LogP contribution in [0.15, 0.2) is 91.0 Å². The van der Waals surface area contributed by atoms with Crippen LogP contribution in [0.5, 0.6) is 5.75 Å². The molecule has 25 heavy (non-hydrogen) atoms. The lowest BCUT2D eigenvalue weighted by atomic mass is 10.0. The van der Waals surface area contributed by atoms with Crippen LogP contribution in [-0.4, -0.2) is 5.78 Å². The van der Waals surface area contributed by atoms with E-state index in [-0.39, 0.29) is 5.78 Å². The van der Waals surface area contributed by atoms with Crippen LogP contribution >= 0.6 is 0 Å². The van der Waals surface area contributed by atoms with E-state index in [0.29, 0.717) is 22.6 Å². The maximum absolute atomic E-state index is 12.4. The third-order valence-electron chi connectivity index (χ3n) is 3.63. The number of nitriles is 1. The molecule has 3 aromatic rings. The number of ether oxygens (including phenoxy) is 1. The quantitative estimate of drug-likeness (QED) is 0.382. The van der Waals surface area contributed by atoms with Crippen molar-refractivity contribution < 1.29 is 9.53 Å². The molecule has 0 aliphatic heterocycles. The van der Waals surface area contributed by atoms with Crippen molar-refractivity contribution >= 4 is 11.5 Å². The lowest BCUT2D eigenvalue weighted by Crippen LogP contribution is -2.01. The predicted octanol–water partition coefficient (Wildman–Crippen LogP) is 4.86. The first kappa shape index (κ1) is 16.2. The lowest BCUT2D eigenvalue weighted by molar-refractivity contribution is 0.103. The number of rotatable bonds is 5. The molecule has 3 heteroatoms. The number of allylic oxidation sites excluding steroid dienone is 1. The maximum Gasteiger partial charge on any atom is 0.193 e. The van der Waals surface area contributed by atoms with Crippen molar-refractivity contribution in [3.63, 3.8) is 0 Å². The third kappa shape index (κ3) is 4.01. The zero-order valence-electron chi connectivity index (χ0n) is 13.4. The van der Waals surface area contributed by atoms with E-state index in [4.69, 9.17) is 10.00 Å². The van der Waals surface area contributed by atoms with Gasteiger partial charge in [-0.05, 0) is 24.3 Å². The smallest absolute Gasteiger partial charge is 0.193 e. The standard InChI is InChI=1S/C22H15NO2/c23-16-15-21(17-7-3-1-4-8-17)25-20-13-11-19(12-14-20)22(24)18-9-5-2-6-10-18/h1-15H/b21-15+. The van der Waals surface area contributed by atoms with Gasteiger partial charge in [-0.3, -0.25) is 4.79 Å². The van der Waals surface area contributed by atoms with Gasteiger partial charge in [0.25, 0.3) is 0 Å². The molecule has 120 valence electrons. The fourth-order valence-electron chi connectivity index (χ4n) is 2.39. The largest absolute Gasteiger partial charge is 0.456 e. The molecule has 0 aliphatic carbocycles. The summed E-state index contributed by atoms with van der Waals surface area (Å²) in [6.07, 6.45) is 1.36. The van der Waals surface area contributed by atoms with E-state index in [1.165, 1.54) is 6.08 Å². The fourth-order valence-corrected chi connectivity index (χ4v) is 2.39. The van der Waals surface area contributed by atoms with Crippen molar-refractivity contribution in [2.75, 3.05) is 0 Å². The van der Waals surface area contributed by atoms with Crippen LogP contribution in [0.2, 0.25) is 0 Å². The van der Waals surface area contributed by atoms with E-state index < -0.39 is 0 Å². The van der Waals surface area contributed by atoms with Crippen molar-refractivity contribution in [3.05, 3.63) is 108 Å². The molecule has 0 spiro atoms. The molecule has 0 amide bonds. The zero-order valence-corrected chi connectivity index (χ0v) is 13.4. The molecule has 0 bridgehead atoms. The highest BCUT2D eigenvalue weighted by molar-refractivity contribution is 6.09. The SMILES string of the molecule is N#C/C=C(/Oc1ccc(C(=O)c2ccccc2)cc1)c1ccccc1. The second kappa shape index (κ2) is 7.76. The summed E-state index contributed by atoms with van der Waals surface area (Å²) in [7, 11) is 0. The number of nitrogens with zero attached hydrogens (tertiary/aromatic N) is 1. The van der Waals surface area contributed by atoms with Crippen LogP contribution < -0.4 is 4.74 Å². The fraction of sp³-hybridized carbons (Fsp3) is 0. The average Bonchev–Trinajstić information content (AvgIpc) is 2.69. The molecule has 0 aliphatic rings. The van der Waals surface area contributed by atoms with Crippen molar-refractivity contribution in [2.45, 2.75) is 0 Å². The van der Waals surface area contributed by atoms with Gasteiger partial charge in [0.05, 0.1) is 12.1 Å². The minimum atomic E-state index is -0.0389. The predicted molar refractivity (Wildman–Crippen MR) is 97.0 cm³/mol. The van der Waals surface area contributed by atoms with Crippen LogP contribution in [0.25, 0.3) is 5.76 Å². The first-order valence-corrected chi connectivity index (χ1v) is 7.81. The molecule has 0 saturated heterocycles. The molecule has 0 heterocycles. The summed E-state index contributed by atoms with van der Waals surface area (Å²) in [4.78, 5) is 12.4. The van der Waals surface area contributed by atoms with Gasteiger partial charge in [0.2, 0.25) is 0 Å². The normalized spacial score (nSPS) is 10.8. The Morgan fingerprint density at radius 2 is 1.28 bits per heavy atom. The number of benzene rings is 3. The number of hydrogen-bond donors (Lipinski definition) is 0. The summed E-state index contributed by atoms with van der Waals surface area (Å²) < 4.78 is 5.81. The number of carbonyl (C=O) groups excluding carboxylic acids is 1. The van der Waals surface area contributed by atoms with Crippen molar-refractivity contribution in [1.82, 2.24) is 0 Å². The van der Waals surface area contributed by atoms with E-state index in [0.717, 1.165) is 5.56 Å². The molecule has 3 nitrogen and oxygen atoms in total. The summed E-state index contributed by atoms with van der Waals surface area (Å²) >= 11 is 0. The van der Waals surface area contributed by atoms with Crippen LogP contribution in [0.1, 0.15) is 21.5 Å². The minimum Gasteiger partial charge on any atom is -0.456 e. The Morgan fingerprint density at radius 3 is 1.84 bits per heavy atom. The van der Waals surface area contributed by atoms with Gasteiger partial charge in [0, 0.05) is 16.7 Å². The third-order valence-corrected chi connectivity index (χ3v) is 3.63. The summed E-state index contributed by atoms with van der Waals surface area (Å²) in [5.41, 5.74) is 2.04. The van der Waals surface area contributed by atoms with Gasteiger partial charge in [0.15, 0.2) is 5.78 Å². The van der Waals surface area contributed by atoms with Gasteiger partial charge in [-0.1, -0.05) is 60.7 Å². The van der Waals surface area contributed by atoms with Crippen LogP contribution in [-0.2, 0) is 0 Å². The maximum atomic E-state index is 12.4. The summed E-state index contributed by atoms with van der Waals surface area (Å²) in [6, 6.07) is 27.4. The van der Waals surface area contributed by atoms with Crippen molar-refractivity contribution in [1.29, 1.82) is 5.26 Å². The van der Waals surface area contributed by atoms with Gasteiger partial charge in [-0.15, -0.1) is 0 Å². The molecular weight excluding hydrogens is 310 g/mol. The van der Waals surface area contributed by atoms with E-state index in [1.807, 2.05) is 54.6 Å². The summed E-state index contributed by atoms with van der Waals surface area (Å²) in [6.45, 7) is 0. The molecule has 0 N–H and O–H groups in total. The molecule has 0 atom stereocenters. The molecule has 0 saturated carbocycles. The summed E-state index contributed by atoms with van der Waals surface area (Å²) in [5, 5.41) is 8.97. The van der Waals surface area contributed by atoms with Gasteiger partial charge in [0.1, 0.15) is 11.5 Å². The molecule has 3 aromatic carbocycles. The molecule has 0 unspecified atom stereocenters. The zero-order chi connectivity index (χ0) is 17.5. The Bertz CT molecular complexity index is 921. The Kier molecular flexibility index (Phi) is 5.04. The Labute approximate surface area is 146 Å². The topological polar surface area (TPSA) is 50.1 Å². The minimum absolute atomic E-state index is 0.0389. The van der Waals surface area contributed by atoms with Crippen LogP contribution in [0, 0.1) is 11.3 Å². The highest BCUT2D eigenvalue weighted by Gasteiger charge is 2.09. The Hall–Kier alpha value is -3.64. The molecule has 0 fully saturated rings. The molecular formula is C22H15NO2. The number of ketones is 1. The van der Waals surface area contributed by atoms with Gasteiger partial charge in [-0.25, -0.2) is 0 Å². The average molecular weight is 325 g/mol. The number of carbonyl (C=O) groups is 1. The Morgan fingerprint density at radius 1 is 0.760 bits per heavy atom. The van der Waals surface area contributed by atoms with E-state index in [2.05, 4.69) is 0 Å². The Balaban J connectivity index is 1.79. The first-order chi connectivity index (χ1) is 12.3. The van der Waals surface area contributed by atoms with E-state index in [1.54, 1.807) is 36.4 Å². The van der Waals surface area contributed by atoms with Gasteiger partial charge in [-0.2, -0.15) is 5.26 Å². The van der Waals surface area contributed by atoms with Crippen molar-refractivity contribution in [3.8, 4) is 11.8 Å². The number of hydrogen-bond acceptors (Lipinski definition) is 3. The molecule has 0 aromatic heterocycles. The second-order valence-corrected chi connectivity index (χ2v) is 5.33. The van der Waals surface area contributed by atoms with Crippen LogP contribution in [0.4, 0.5) is 0 Å². The van der Waals surface area contributed by atoms with E-state index >= 15 is 0 Å². The molecule has 3 rings (SSSR count). The van der Waals surface area contributed by atoms with Gasteiger partial charge >= 0.3 is 0 Å². The van der Waals surface area contributed by atoms with Crippen LogP contribution in [0.3, 0.4) is 0 Å². The van der Waals surface area contributed by atoms with Crippen molar-refractivity contribution in [2.24, 2.45) is 0 Å².